The minimum Gasteiger partial charge on any atom is -0.390 e. The van der Waals surface area contributed by atoms with Crippen LogP contribution in [0.4, 0.5) is 0 Å². The molecule has 246 valence electrons. The number of benzene rings is 3. The maximum atomic E-state index is 14.3. The summed E-state index contributed by atoms with van der Waals surface area (Å²) in [5.41, 5.74) is 1.97. The molecule has 4 rings (SSSR count). The SMILES string of the molecule is CC[C@H](C)[C@@]1(NC(C)=O)CCN([C@H](CCc2ccccc2)C(=O)N[C@@H](Cc2ccccc2)C(O)CNCc2cccc(Cl)c2)C1=O. The monoisotopic (exact) mass is 646 g/mol. The van der Waals surface area contributed by atoms with E-state index in [9.17, 15) is 19.5 Å². The minimum atomic E-state index is -1.06. The highest BCUT2D eigenvalue weighted by Crippen LogP contribution is 2.34. The van der Waals surface area contributed by atoms with Crippen molar-refractivity contribution >= 4 is 29.3 Å². The second kappa shape index (κ2) is 16.7. The average Bonchev–Trinajstić information content (AvgIpc) is 3.36. The molecule has 0 saturated carbocycles. The van der Waals surface area contributed by atoms with Crippen LogP contribution in [-0.4, -0.2) is 64.5 Å². The first-order chi connectivity index (χ1) is 22.1. The lowest BCUT2D eigenvalue weighted by Gasteiger charge is -2.36. The summed E-state index contributed by atoms with van der Waals surface area (Å²) in [6.07, 6.45) is 1.62. The Morgan fingerprint density at radius 3 is 2.26 bits per heavy atom. The Morgan fingerprint density at radius 1 is 0.978 bits per heavy atom. The van der Waals surface area contributed by atoms with E-state index in [2.05, 4.69) is 16.0 Å². The summed E-state index contributed by atoms with van der Waals surface area (Å²) in [6.45, 7) is 6.49. The number of carbonyl (C=O) groups is 3. The van der Waals surface area contributed by atoms with Gasteiger partial charge in [-0.15, -0.1) is 0 Å². The van der Waals surface area contributed by atoms with Gasteiger partial charge in [0.2, 0.25) is 17.7 Å². The Morgan fingerprint density at radius 2 is 1.63 bits per heavy atom. The molecule has 0 radical (unpaired) electrons. The predicted molar refractivity (Wildman–Crippen MR) is 182 cm³/mol. The number of amides is 3. The maximum absolute atomic E-state index is 14.3. The number of aliphatic hydroxyl groups is 1. The zero-order chi connectivity index (χ0) is 33.1. The highest BCUT2D eigenvalue weighted by Gasteiger charge is 2.53. The van der Waals surface area contributed by atoms with Gasteiger partial charge >= 0.3 is 0 Å². The molecular formula is C37H47ClN4O4. The van der Waals surface area contributed by atoms with Crippen LogP contribution in [0.5, 0.6) is 0 Å². The third-order valence-electron chi connectivity index (χ3n) is 9.13. The van der Waals surface area contributed by atoms with Crippen molar-refractivity contribution in [2.75, 3.05) is 13.1 Å². The van der Waals surface area contributed by atoms with Gasteiger partial charge in [-0.1, -0.05) is 105 Å². The van der Waals surface area contributed by atoms with E-state index in [0.717, 1.165) is 16.7 Å². The molecule has 1 saturated heterocycles. The second-order valence-corrected chi connectivity index (χ2v) is 12.8. The summed E-state index contributed by atoms with van der Waals surface area (Å²) in [4.78, 5) is 42.4. The van der Waals surface area contributed by atoms with E-state index in [1.807, 2.05) is 98.8 Å². The molecule has 3 aromatic carbocycles. The number of nitrogens with zero attached hydrogens (tertiary/aromatic N) is 1. The Bertz CT molecular complexity index is 1440. The van der Waals surface area contributed by atoms with E-state index in [4.69, 9.17) is 11.6 Å². The van der Waals surface area contributed by atoms with Crippen molar-refractivity contribution in [1.82, 2.24) is 20.9 Å². The normalized spacial score (nSPS) is 18.9. The third kappa shape index (κ3) is 9.18. The zero-order valence-corrected chi connectivity index (χ0v) is 27.8. The second-order valence-electron chi connectivity index (χ2n) is 12.4. The van der Waals surface area contributed by atoms with Crippen molar-refractivity contribution in [3.05, 3.63) is 107 Å². The summed E-state index contributed by atoms with van der Waals surface area (Å²) >= 11 is 6.14. The van der Waals surface area contributed by atoms with Crippen molar-refractivity contribution < 1.29 is 19.5 Å². The van der Waals surface area contributed by atoms with Crippen LogP contribution in [0.1, 0.15) is 56.7 Å². The Labute approximate surface area is 277 Å². The molecule has 3 amide bonds. The number of likely N-dealkylation sites (tertiary alicyclic amines) is 1. The van der Waals surface area contributed by atoms with Crippen LogP contribution in [0.25, 0.3) is 0 Å². The standard InChI is InChI=1S/C37H47ClN4O4/c1-4-26(2)37(41-27(3)43)20-21-42(36(37)46)33(19-18-28-12-7-5-8-13-28)35(45)40-32(23-29-14-9-6-10-15-29)34(44)25-39-24-30-16-11-17-31(38)22-30/h5-17,22,26,32-34,39,44H,4,18-21,23-25H2,1-3H3,(H,40,45)(H,41,43)/t26-,32-,33+,34?,37-/m0/s1. The quantitative estimate of drug-likeness (QED) is 0.181. The number of carbonyl (C=O) groups excluding carboxylic acids is 3. The van der Waals surface area contributed by atoms with Crippen LogP contribution in [0, 0.1) is 5.92 Å². The van der Waals surface area contributed by atoms with Gasteiger partial charge in [0.05, 0.1) is 12.1 Å². The van der Waals surface area contributed by atoms with Gasteiger partial charge in [0.1, 0.15) is 11.6 Å². The van der Waals surface area contributed by atoms with Gasteiger partial charge in [-0.2, -0.15) is 0 Å². The first-order valence-electron chi connectivity index (χ1n) is 16.2. The lowest BCUT2D eigenvalue weighted by molar-refractivity contribution is -0.144. The number of hydrogen-bond acceptors (Lipinski definition) is 5. The highest BCUT2D eigenvalue weighted by molar-refractivity contribution is 6.30. The van der Waals surface area contributed by atoms with Gasteiger partial charge in [-0.3, -0.25) is 14.4 Å². The Hall–Kier alpha value is -3.72. The van der Waals surface area contributed by atoms with Crippen molar-refractivity contribution in [3.8, 4) is 0 Å². The van der Waals surface area contributed by atoms with Gasteiger partial charge in [0.15, 0.2) is 0 Å². The van der Waals surface area contributed by atoms with Crippen LogP contribution in [0.3, 0.4) is 0 Å². The average molecular weight is 647 g/mol. The molecule has 5 atom stereocenters. The fourth-order valence-corrected chi connectivity index (χ4v) is 6.59. The zero-order valence-electron chi connectivity index (χ0n) is 27.0. The van der Waals surface area contributed by atoms with Crippen molar-refractivity contribution in [2.45, 2.75) is 83.1 Å². The Kier molecular flexibility index (Phi) is 12.8. The lowest BCUT2D eigenvalue weighted by atomic mass is 9.81. The number of aliphatic hydroxyl groups excluding tert-OH is 1. The van der Waals surface area contributed by atoms with Gasteiger partial charge in [-0.25, -0.2) is 0 Å². The number of rotatable bonds is 16. The molecule has 9 heteroatoms. The first-order valence-corrected chi connectivity index (χ1v) is 16.6. The van der Waals surface area contributed by atoms with E-state index in [1.165, 1.54) is 6.92 Å². The first kappa shape index (κ1) is 35.1. The molecule has 1 fully saturated rings. The molecule has 1 heterocycles. The molecule has 1 unspecified atom stereocenters. The molecular weight excluding hydrogens is 600 g/mol. The summed E-state index contributed by atoms with van der Waals surface area (Å²) in [5.74, 6) is -0.919. The smallest absolute Gasteiger partial charge is 0.249 e. The summed E-state index contributed by atoms with van der Waals surface area (Å²) in [6, 6.07) is 25.7. The van der Waals surface area contributed by atoms with Gasteiger partial charge in [0.25, 0.3) is 0 Å². The summed E-state index contributed by atoms with van der Waals surface area (Å²) in [7, 11) is 0. The fourth-order valence-electron chi connectivity index (χ4n) is 6.38. The predicted octanol–water partition coefficient (Wildman–Crippen LogP) is 4.67. The molecule has 46 heavy (non-hydrogen) atoms. The third-order valence-corrected chi connectivity index (χ3v) is 9.37. The number of hydrogen-bond donors (Lipinski definition) is 4. The van der Waals surface area contributed by atoms with Crippen LogP contribution in [0.2, 0.25) is 5.02 Å². The van der Waals surface area contributed by atoms with Crippen LogP contribution < -0.4 is 16.0 Å². The molecule has 1 aliphatic rings. The minimum absolute atomic E-state index is 0.107. The van der Waals surface area contributed by atoms with Crippen molar-refractivity contribution in [2.24, 2.45) is 5.92 Å². The number of halogens is 1. The molecule has 8 nitrogen and oxygen atoms in total. The maximum Gasteiger partial charge on any atom is 0.249 e. The molecule has 0 spiro atoms. The van der Waals surface area contributed by atoms with Crippen LogP contribution >= 0.6 is 11.6 Å². The molecule has 4 N–H and O–H groups in total. The molecule has 0 aliphatic carbocycles. The van der Waals surface area contributed by atoms with E-state index >= 15 is 0 Å². The molecule has 0 aromatic heterocycles. The Balaban J connectivity index is 1.56. The van der Waals surface area contributed by atoms with E-state index in [-0.39, 0.29) is 30.2 Å². The van der Waals surface area contributed by atoms with E-state index < -0.39 is 23.7 Å². The van der Waals surface area contributed by atoms with Gasteiger partial charge in [-0.05, 0) is 60.4 Å². The van der Waals surface area contributed by atoms with E-state index in [1.54, 1.807) is 4.90 Å². The number of nitrogens with one attached hydrogen (secondary N) is 3. The topological polar surface area (TPSA) is 111 Å². The highest BCUT2D eigenvalue weighted by atomic mass is 35.5. The van der Waals surface area contributed by atoms with Crippen molar-refractivity contribution in [3.63, 3.8) is 0 Å². The largest absolute Gasteiger partial charge is 0.390 e. The van der Waals surface area contributed by atoms with E-state index in [0.29, 0.717) is 50.2 Å². The summed E-state index contributed by atoms with van der Waals surface area (Å²) in [5, 5.41) is 21.4. The lowest BCUT2D eigenvalue weighted by Crippen LogP contribution is -2.60. The fraction of sp³-hybridized carbons (Fsp3) is 0.432. The van der Waals surface area contributed by atoms with Gasteiger partial charge in [0, 0.05) is 31.6 Å². The summed E-state index contributed by atoms with van der Waals surface area (Å²) < 4.78 is 0. The molecule has 0 bridgehead atoms. The molecule has 3 aromatic rings. The number of aryl methyl sites for hydroxylation is 1. The molecule has 1 aliphatic heterocycles. The van der Waals surface area contributed by atoms with Crippen LogP contribution in [-0.2, 0) is 33.8 Å². The van der Waals surface area contributed by atoms with Gasteiger partial charge < -0.3 is 26.0 Å². The van der Waals surface area contributed by atoms with Crippen LogP contribution in [0.15, 0.2) is 84.9 Å². The van der Waals surface area contributed by atoms with Crippen molar-refractivity contribution in [1.29, 1.82) is 0 Å².